The zero-order valence-corrected chi connectivity index (χ0v) is 13.5. The molecule has 0 unspecified atom stereocenters. The molecule has 1 aromatic rings. The Labute approximate surface area is 135 Å². The van der Waals surface area contributed by atoms with E-state index < -0.39 is 12.0 Å². The van der Waals surface area contributed by atoms with Gasteiger partial charge < -0.3 is 10.4 Å². The van der Waals surface area contributed by atoms with Crippen molar-refractivity contribution < 1.29 is 19.1 Å². The summed E-state index contributed by atoms with van der Waals surface area (Å²) in [6.07, 6.45) is 1.37. The largest absolute Gasteiger partial charge is 0.480 e. The van der Waals surface area contributed by atoms with Crippen molar-refractivity contribution in [1.82, 2.24) is 10.2 Å². The summed E-state index contributed by atoms with van der Waals surface area (Å²) in [5, 5.41) is 12.1. The summed E-state index contributed by atoms with van der Waals surface area (Å²) in [4.78, 5) is 25.2. The summed E-state index contributed by atoms with van der Waals surface area (Å²) in [6.45, 7) is 4.64. The molecule has 1 aliphatic rings. The molecule has 126 valence electrons. The van der Waals surface area contributed by atoms with Crippen LogP contribution in [0.25, 0.3) is 0 Å². The van der Waals surface area contributed by atoms with Gasteiger partial charge >= 0.3 is 5.97 Å². The highest BCUT2D eigenvalue weighted by Crippen LogP contribution is 2.22. The van der Waals surface area contributed by atoms with Gasteiger partial charge in [-0.3, -0.25) is 14.5 Å². The zero-order chi connectivity index (χ0) is 17.0. The van der Waals surface area contributed by atoms with Gasteiger partial charge in [-0.2, -0.15) is 0 Å². The molecule has 0 aliphatic carbocycles. The Kier molecular flexibility index (Phi) is 5.71. The summed E-state index contributed by atoms with van der Waals surface area (Å²) in [7, 11) is 0. The standard InChI is InChI=1S/C17H23FN2O3/c1-11(2)16(12-5-7-13(18)8-6-12)19-15(21)10-20-9-3-4-14(20)17(22)23/h5-8,11,14,16H,3-4,9-10H2,1-2H3,(H,19,21)(H,22,23)/t14-,16-/m0/s1. The monoisotopic (exact) mass is 322 g/mol. The van der Waals surface area contributed by atoms with Crippen LogP contribution in [-0.2, 0) is 9.59 Å². The predicted molar refractivity (Wildman–Crippen MR) is 84.4 cm³/mol. The van der Waals surface area contributed by atoms with E-state index in [1.807, 2.05) is 13.8 Å². The third-order valence-electron chi connectivity index (χ3n) is 4.21. The first-order valence-corrected chi connectivity index (χ1v) is 7.90. The average Bonchev–Trinajstić information content (AvgIpc) is 2.94. The second-order valence-corrected chi connectivity index (χ2v) is 6.31. The zero-order valence-electron chi connectivity index (χ0n) is 13.5. The fraction of sp³-hybridized carbons (Fsp3) is 0.529. The molecule has 23 heavy (non-hydrogen) atoms. The lowest BCUT2D eigenvalue weighted by Gasteiger charge is -2.26. The Morgan fingerprint density at radius 3 is 2.57 bits per heavy atom. The molecule has 1 fully saturated rings. The molecule has 0 radical (unpaired) electrons. The number of carboxylic acid groups (broad SMARTS) is 1. The van der Waals surface area contributed by atoms with Crippen LogP contribution in [-0.4, -0.2) is 41.0 Å². The molecule has 2 atom stereocenters. The van der Waals surface area contributed by atoms with E-state index in [9.17, 15) is 14.0 Å². The predicted octanol–water partition coefficient (Wildman–Crippen LogP) is 2.19. The molecular weight excluding hydrogens is 299 g/mol. The van der Waals surface area contributed by atoms with E-state index in [1.165, 1.54) is 12.1 Å². The van der Waals surface area contributed by atoms with E-state index >= 15 is 0 Å². The SMILES string of the molecule is CC(C)[C@H](NC(=O)CN1CCC[C@H]1C(=O)O)c1ccc(F)cc1. The normalized spacial score (nSPS) is 19.7. The molecule has 1 saturated heterocycles. The maximum absolute atomic E-state index is 13.1. The summed E-state index contributed by atoms with van der Waals surface area (Å²) in [5.41, 5.74) is 0.839. The minimum Gasteiger partial charge on any atom is -0.480 e. The number of nitrogens with one attached hydrogen (secondary N) is 1. The third-order valence-corrected chi connectivity index (χ3v) is 4.21. The molecule has 2 rings (SSSR count). The second kappa shape index (κ2) is 7.55. The average molecular weight is 322 g/mol. The van der Waals surface area contributed by atoms with E-state index in [2.05, 4.69) is 5.32 Å². The fourth-order valence-corrected chi connectivity index (χ4v) is 3.00. The van der Waals surface area contributed by atoms with Crippen molar-refractivity contribution in [2.24, 2.45) is 5.92 Å². The Balaban J connectivity index is 2.01. The summed E-state index contributed by atoms with van der Waals surface area (Å²) in [5.74, 6) is -1.27. The van der Waals surface area contributed by atoms with E-state index in [1.54, 1.807) is 17.0 Å². The van der Waals surface area contributed by atoms with Gasteiger partial charge in [0.25, 0.3) is 0 Å². The number of benzene rings is 1. The number of amides is 1. The van der Waals surface area contributed by atoms with Gasteiger partial charge in [-0.25, -0.2) is 4.39 Å². The highest BCUT2D eigenvalue weighted by atomic mass is 19.1. The minimum atomic E-state index is -0.880. The molecule has 5 nitrogen and oxygen atoms in total. The number of aliphatic carboxylic acids is 1. The van der Waals surface area contributed by atoms with Gasteiger partial charge in [0.1, 0.15) is 11.9 Å². The van der Waals surface area contributed by atoms with Crippen LogP contribution >= 0.6 is 0 Å². The van der Waals surface area contributed by atoms with Gasteiger partial charge in [0.15, 0.2) is 0 Å². The van der Waals surface area contributed by atoms with Crippen LogP contribution in [0.5, 0.6) is 0 Å². The minimum absolute atomic E-state index is 0.0708. The number of halogens is 1. The van der Waals surface area contributed by atoms with Gasteiger partial charge in [-0.05, 0) is 43.0 Å². The highest BCUT2D eigenvalue weighted by molar-refractivity contribution is 5.80. The highest BCUT2D eigenvalue weighted by Gasteiger charge is 2.32. The third kappa shape index (κ3) is 4.51. The molecule has 6 heteroatoms. The van der Waals surface area contributed by atoms with E-state index in [0.29, 0.717) is 13.0 Å². The number of hydrogen-bond acceptors (Lipinski definition) is 3. The van der Waals surface area contributed by atoms with Crippen molar-refractivity contribution in [3.63, 3.8) is 0 Å². The van der Waals surface area contributed by atoms with Gasteiger partial charge in [0.05, 0.1) is 12.6 Å². The number of carbonyl (C=O) groups is 2. The van der Waals surface area contributed by atoms with Crippen LogP contribution in [0.3, 0.4) is 0 Å². The van der Waals surface area contributed by atoms with Crippen LogP contribution in [0.4, 0.5) is 4.39 Å². The van der Waals surface area contributed by atoms with Crippen molar-refractivity contribution in [2.45, 2.75) is 38.8 Å². The quantitative estimate of drug-likeness (QED) is 0.842. The lowest BCUT2D eigenvalue weighted by Crippen LogP contribution is -2.44. The molecule has 0 spiro atoms. The molecule has 1 aliphatic heterocycles. The van der Waals surface area contributed by atoms with Crippen LogP contribution < -0.4 is 5.32 Å². The fourth-order valence-electron chi connectivity index (χ4n) is 3.00. The van der Waals surface area contributed by atoms with Crippen molar-refractivity contribution in [3.05, 3.63) is 35.6 Å². The number of carbonyl (C=O) groups excluding carboxylic acids is 1. The number of hydrogen-bond donors (Lipinski definition) is 2. The van der Waals surface area contributed by atoms with Crippen molar-refractivity contribution in [3.8, 4) is 0 Å². The van der Waals surface area contributed by atoms with Gasteiger partial charge in [-0.1, -0.05) is 26.0 Å². The maximum Gasteiger partial charge on any atom is 0.320 e. The Bertz CT molecular complexity index is 559. The lowest BCUT2D eigenvalue weighted by atomic mass is 9.96. The molecule has 1 heterocycles. The maximum atomic E-state index is 13.1. The second-order valence-electron chi connectivity index (χ2n) is 6.31. The number of carboxylic acids is 1. The first-order valence-electron chi connectivity index (χ1n) is 7.90. The number of rotatable bonds is 6. The summed E-state index contributed by atoms with van der Waals surface area (Å²) in [6, 6.07) is 5.26. The Hall–Kier alpha value is -1.95. The molecule has 1 aromatic carbocycles. The van der Waals surface area contributed by atoms with E-state index in [0.717, 1.165) is 12.0 Å². The number of likely N-dealkylation sites (tertiary alicyclic amines) is 1. The topological polar surface area (TPSA) is 69.6 Å². The summed E-state index contributed by atoms with van der Waals surface area (Å²) >= 11 is 0. The lowest BCUT2D eigenvalue weighted by molar-refractivity contribution is -0.142. The van der Waals surface area contributed by atoms with E-state index in [4.69, 9.17) is 5.11 Å². The molecule has 1 amide bonds. The van der Waals surface area contributed by atoms with Crippen molar-refractivity contribution in [2.75, 3.05) is 13.1 Å². The molecule has 0 bridgehead atoms. The van der Waals surface area contributed by atoms with E-state index in [-0.39, 0.29) is 30.2 Å². The van der Waals surface area contributed by atoms with Crippen molar-refractivity contribution >= 4 is 11.9 Å². The molecule has 2 N–H and O–H groups in total. The first kappa shape index (κ1) is 17.4. The van der Waals surface area contributed by atoms with Crippen LogP contribution in [0.1, 0.15) is 38.3 Å². The summed E-state index contributed by atoms with van der Waals surface area (Å²) < 4.78 is 13.1. The molecular formula is C17H23FN2O3. The van der Waals surface area contributed by atoms with Crippen LogP contribution in [0, 0.1) is 11.7 Å². The smallest absolute Gasteiger partial charge is 0.320 e. The van der Waals surface area contributed by atoms with Gasteiger partial charge in [0, 0.05) is 0 Å². The first-order chi connectivity index (χ1) is 10.9. The Morgan fingerprint density at radius 1 is 1.35 bits per heavy atom. The number of nitrogens with zero attached hydrogens (tertiary/aromatic N) is 1. The molecule has 0 aromatic heterocycles. The molecule has 0 saturated carbocycles. The van der Waals surface area contributed by atoms with Crippen LogP contribution in [0.2, 0.25) is 0 Å². The van der Waals surface area contributed by atoms with Crippen molar-refractivity contribution in [1.29, 1.82) is 0 Å². The Morgan fingerprint density at radius 2 is 2.00 bits per heavy atom. The van der Waals surface area contributed by atoms with Crippen LogP contribution in [0.15, 0.2) is 24.3 Å². The van der Waals surface area contributed by atoms with Gasteiger partial charge in [0.2, 0.25) is 5.91 Å². The van der Waals surface area contributed by atoms with Gasteiger partial charge in [-0.15, -0.1) is 0 Å².